The van der Waals surface area contributed by atoms with Crippen molar-refractivity contribution in [2.75, 3.05) is 0 Å². The summed E-state index contributed by atoms with van der Waals surface area (Å²) in [5, 5.41) is 10.9. The average Bonchev–Trinajstić information content (AvgIpc) is 3.05. The zero-order valence-corrected chi connectivity index (χ0v) is 14.8. The third-order valence-electron chi connectivity index (χ3n) is 4.11. The Hall–Kier alpha value is -3.11. The van der Waals surface area contributed by atoms with Gasteiger partial charge in [0.1, 0.15) is 11.6 Å². The fourth-order valence-electron chi connectivity index (χ4n) is 2.74. The van der Waals surface area contributed by atoms with Crippen molar-refractivity contribution in [3.63, 3.8) is 0 Å². The number of aromatic hydroxyl groups is 1. The molecule has 0 radical (unpaired) electrons. The summed E-state index contributed by atoms with van der Waals surface area (Å²) in [6.07, 6.45) is 1.76. The normalized spacial score (nSPS) is 11.5. The zero-order valence-electron chi connectivity index (χ0n) is 14.1. The van der Waals surface area contributed by atoms with E-state index in [9.17, 15) is 5.11 Å². The van der Waals surface area contributed by atoms with Crippen LogP contribution in [0.5, 0.6) is 5.75 Å². The molecule has 3 aromatic carbocycles. The molecule has 26 heavy (non-hydrogen) atoms. The van der Waals surface area contributed by atoms with Gasteiger partial charge < -0.3 is 10.1 Å². The molecule has 1 heterocycles. The number of H-pyrrole nitrogens is 1. The summed E-state index contributed by atoms with van der Waals surface area (Å²) < 4.78 is 0. The highest BCUT2D eigenvalue weighted by molar-refractivity contribution is 6.30. The monoisotopic (exact) mass is 361 g/mol. The van der Waals surface area contributed by atoms with Gasteiger partial charge in [0.05, 0.1) is 22.3 Å². The molecule has 0 atom stereocenters. The molecule has 0 bridgehead atoms. The lowest BCUT2D eigenvalue weighted by molar-refractivity contribution is 0.477. The molecule has 0 fully saturated rings. The van der Waals surface area contributed by atoms with Crippen LogP contribution in [0, 0.1) is 6.92 Å². The Morgan fingerprint density at radius 1 is 1.04 bits per heavy atom. The minimum absolute atomic E-state index is 0.159. The van der Waals surface area contributed by atoms with E-state index in [4.69, 9.17) is 11.6 Å². The maximum Gasteiger partial charge on any atom is 0.142 e. The van der Waals surface area contributed by atoms with Crippen LogP contribution in [0.2, 0.25) is 5.02 Å². The maximum atomic E-state index is 10.3. The molecule has 0 aliphatic rings. The van der Waals surface area contributed by atoms with E-state index in [0.29, 0.717) is 16.4 Å². The van der Waals surface area contributed by atoms with Crippen molar-refractivity contribution in [2.45, 2.75) is 6.92 Å². The van der Waals surface area contributed by atoms with Crippen LogP contribution < -0.4 is 0 Å². The number of hydrogen-bond donors (Lipinski definition) is 2. The van der Waals surface area contributed by atoms with Gasteiger partial charge >= 0.3 is 0 Å². The van der Waals surface area contributed by atoms with Gasteiger partial charge in [0, 0.05) is 11.2 Å². The third kappa shape index (κ3) is 3.32. The van der Waals surface area contributed by atoms with Crippen molar-refractivity contribution in [1.82, 2.24) is 9.97 Å². The molecular weight excluding hydrogens is 346 g/mol. The summed E-state index contributed by atoms with van der Waals surface area (Å²) in [5.41, 5.74) is 5.24. The molecule has 5 heteroatoms. The van der Waals surface area contributed by atoms with E-state index in [1.165, 1.54) is 0 Å². The SMILES string of the molecule is Cc1ccc2nc(-c3cc(N=Cc4ccc(Cl)cc4)ccc3O)[nH]c2c1. The van der Waals surface area contributed by atoms with E-state index in [1.54, 1.807) is 18.3 Å². The first kappa shape index (κ1) is 16.4. The molecule has 0 saturated heterocycles. The highest BCUT2D eigenvalue weighted by Gasteiger charge is 2.10. The lowest BCUT2D eigenvalue weighted by Gasteiger charge is -2.03. The smallest absolute Gasteiger partial charge is 0.142 e. The summed E-state index contributed by atoms with van der Waals surface area (Å²) in [5.74, 6) is 0.776. The molecule has 1 aromatic heterocycles. The summed E-state index contributed by atoms with van der Waals surface area (Å²) in [4.78, 5) is 12.3. The maximum absolute atomic E-state index is 10.3. The third-order valence-corrected chi connectivity index (χ3v) is 4.36. The highest BCUT2D eigenvalue weighted by Crippen LogP contribution is 2.32. The number of nitrogens with zero attached hydrogens (tertiary/aromatic N) is 2. The number of rotatable bonds is 3. The Morgan fingerprint density at radius 3 is 2.65 bits per heavy atom. The van der Waals surface area contributed by atoms with Gasteiger partial charge in [0.2, 0.25) is 0 Å². The molecule has 2 N–H and O–H groups in total. The summed E-state index contributed by atoms with van der Waals surface area (Å²) in [6, 6.07) is 18.6. The van der Waals surface area contributed by atoms with Crippen molar-refractivity contribution in [3.8, 4) is 17.1 Å². The van der Waals surface area contributed by atoms with Gasteiger partial charge in [0.15, 0.2) is 0 Å². The lowest BCUT2D eigenvalue weighted by Crippen LogP contribution is -1.83. The number of benzene rings is 3. The standard InChI is InChI=1S/C21H16ClN3O/c1-13-2-8-18-19(10-13)25-21(24-18)17-11-16(7-9-20(17)26)23-12-14-3-5-15(22)6-4-14/h2-12,26H,1H3,(H,24,25). The Kier molecular flexibility index (Phi) is 4.19. The van der Waals surface area contributed by atoms with Crippen LogP contribution in [-0.2, 0) is 0 Å². The number of aryl methyl sites for hydroxylation is 1. The number of nitrogens with one attached hydrogen (secondary N) is 1. The summed E-state index contributed by atoms with van der Waals surface area (Å²) in [7, 11) is 0. The molecule has 4 nitrogen and oxygen atoms in total. The average molecular weight is 362 g/mol. The van der Waals surface area contributed by atoms with Crippen molar-refractivity contribution in [2.24, 2.45) is 4.99 Å². The lowest BCUT2D eigenvalue weighted by atomic mass is 10.1. The van der Waals surface area contributed by atoms with Gasteiger partial charge in [-0.2, -0.15) is 0 Å². The fourth-order valence-corrected chi connectivity index (χ4v) is 2.87. The van der Waals surface area contributed by atoms with Gasteiger partial charge in [-0.15, -0.1) is 0 Å². The van der Waals surface area contributed by atoms with E-state index in [1.807, 2.05) is 55.5 Å². The Bertz CT molecular complexity index is 1110. The van der Waals surface area contributed by atoms with Crippen LogP contribution in [0.4, 0.5) is 5.69 Å². The number of imidazole rings is 1. The number of aromatic amines is 1. The largest absolute Gasteiger partial charge is 0.507 e. The first-order valence-electron chi connectivity index (χ1n) is 8.18. The van der Waals surface area contributed by atoms with Crippen LogP contribution in [0.15, 0.2) is 65.7 Å². The second-order valence-corrected chi connectivity index (χ2v) is 6.55. The van der Waals surface area contributed by atoms with Gasteiger partial charge in [-0.1, -0.05) is 29.8 Å². The van der Waals surface area contributed by atoms with Gasteiger partial charge in [-0.3, -0.25) is 4.99 Å². The molecule has 128 valence electrons. The van der Waals surface area contributed by atoms with Crippen molar-refractivity contribution >= 4 is 34.5 Å². The van der Waals surface area contributed by atoms with Gasteiger partial charge in [-0.25, -0.2) is 4.98 Å². The number of aliphatic imine (C=N–C) groups is 1. The van der Waals surface area contributed by atoms with Crippen LogP contribution in [0.3, 0.4) is 0 Å². The molecular formula is C21H16ClN3O. The molecule has 0 saturated carbocycles. The van der Waals surface area contributed by atoms with Crippen molar-refractivity contribution in [3.05, 3.63) is 76.8 Å². The topological polar surface area (TPSA) is 61.3 Å². The predicted molar refractivity (Wildman–Crippen MR) is 107 cm³/mol. The minimum Gasteiger partial charge on any atom is -0.507 e. The Labute approximate surface area is 155 Å². The van der Waals surface area contributed by atoms with Gasteiger partial charge in [0.25, 0.3) is 0 Å². The molecule has 0 aliphatic heterocycles. The van der Waals surface area contributed by atoms with Crippen LogP contribution >= 0.6 is 11.6 Å². The van der Waals surface area contributed by atoms with E-state index in [2.05, 4.69) is 15.0 Å². The molecule has 0 aliphatic carbocycles. The highest BCUT2D eigenvalue weighted by atomic mass is 35.5. The van der Waals surface area contributed by atoms with E-state index >= 15 is 0 Å². The Balaban J connectivity index is 1.70. The number of aromatic nitrogens is 2. The molecule has 4 rings (SSSR count). The second-order valence-electron chi connectivity index (χ2n) is 6.12. The number of phenolic OH excluding ortho intramolecular Hbond substituents is 1. The first-order valence-corrected chi connectivity index (χ1v) is 8.56. The van der Waals surface area contributed by atoms with Gasteiger partial charge in [-0.05, 0) is 60.5 Å². The Morgan fingerprint density at radius 2 is 1.85 bits per heavy atom. The molecule has 0 unspecified atom stereocenters. The van der Waals surface area contributed by atoms with Crippen LogP contribution in [0.25, 0.3) is 22.4 Å². The zero-order chi connectivity index (χ0) is 18.1. The van der Waals surface area contributed by atoms with Crippen LogP contribution in [-0.4, -0.2) is 21.3 Å². The molecule has 0 spiro atoms. The number of hydrogen-bond acceptors (Lipinski definition) is 3. The number of halogens is 1. The van der Waals surface area contributed by atoms with E-state index < -0.39 is 0 Å². The molecule has 4 aromatic rings. The quantitative estimate of drug-likeness (QED) is 0.463. The number of phenols is 1. The number of fused-ring (bicyclic) bond motifs is 1. The van der Waals surface area contributed by atoms with E-state index in [0.717, 1.165) is 27.8 Å². The fraction of sp³-hybridized carbons (Fsp3) is 0.0476. The minimum atomic E-state index is 0.159. The van der Waals surface area contributed by atoms with Crippen LogP contribution in [0.1, 0.15) is 11.1 Å². The second kappa shape index (κ2) is 6.65. The van der Waals surface area contributed by atoms with E-state index in [-0.39, 0.29) is 5.75 Å². The summed E-state index contributed by atoms with van der Waals surface area (Å²) >= 11 is 5.90. The van der Waals surface area contributed by atoms with Crippen molar-refractivity contribution in [1.29, 1.82) is 0 Å². The first-order chi connectivity index (χ1) is 12.6. The molecule has 0 amide bonds. The van der Waals surface area contributed by atoms with Crippen molar-refractivity contribution < 1.29 is 5.11 Å². The predicted octanol–water partition coefficient (Wildman–Crippen LogP) is 5.65. The summed E-state index contributed by atoms with van der Waals surface area (Å²) in [6.45, 7) is 2.03.